The molecule has 0 spiro atoms. The van der Waals surface area contributed by atoms with Gasteiger partial charge in [0.25, 0.3) is 0 Å². The van der Waals surface area contributed by atoms with Crippen molar-refractivity contribution in [3.05, 3.63) is 23.8 Å². The average Bonchev–Trinajstić information content (AvgIpc) is 2.35. The Morgan fingerprint density at radius 3 is 2.45 bits per heavy atom. The van der Waals surface area contributed by atoms with Crippen molar-refractivity contribution in [2.45, 2.75) is 24.8 Å². The van der Waals surface area contributed by atoms with Gasteiger partial charge in [-0.15, -0.1) is 0 Å². The quantitative estimate of drug-likeness (QED) is 0.558. The lowest BCUT2D eigenvalue weighted by atomic mass is 10.1. The Bertz CT molecular complexity index is 598. The zero-order chi connectivity index (χ0) is 15.5. The van der Waals surface area contributed by atoms with Crippen LogP contribution in [0.4, 0.5) is 5.69 Å². The highest BCUT2D eigenvalue weighted by atomic mass is 32.2. The standard InChI is InChI=1S/C12H18N2O5S/c1-7(2)10(6-15)14-20(18,19)11-5-8(13)3-4-9(11)12(16)17/h3-5,7,10,14-15H,6,13H2,1-2H3,(H,16,17). The number of carbonyl (C=O) groups is 1. The van der Waals surface area contributed by atoms with Crippen molar-refractivity contribution in [2.24, 2.45) is 5.92 Å². The topological polar surface area (TPSA) is 130 Å². The summed E-state index contributed by atoms with van der Waals surface area (Å²) in [6.45, 7) is 3.09. The molecule has 0 bridgehead atoms. The van der Waals surface area contributed by atoms with E-state index in [1.807, 2.05) is 0 Å². The summed E-state index contributed by atoms with van der Waals surface area (Å²) in [5.74, 6) is -1.51. The molecule has 0 saturated carbocycles. The summed E-state index contributed by atoms with van der Waals surface area (Å²) in [5, 5.41) is 18.2. The van der Waals surface area contributed by atoms with E-state index in [1.165, 1.54) is 6.07 Å². The van der Waals surface area contributed by atoms with E-state index >= 15 is 0 Å². The number of carboxylic acids is 1. The molecular formula is C12H18N2O5S. The summed E-state index contributed by atoms with van der Waals surface area (Å²) >= 11 is 0. The Hall–Kier alpha value is -1.64. The van der Waals surface area contributed by atoms with Crippen molar-refractivity contribution >= 4 is 21.7 Å². The van der Waals surface area contributed by atoms with Gasteiger partial charge in [0.2, 0.25) is 10.0 Å². The number of anilines is 1. The molecule has 1 atom stereocenters. The van der Waals surface area contributed by atoms with Crippen molar-refractivity contribution in [3.8, 4) is 0 Å². The van der Waals surface area contributed by atoms with E-state index in [-0.39, 0.29) is 23.8 Å². The van der Waals surface area contributed by atoms with Gasteiger partial charge in [0.15, 0.2) is 0 Å². The third kappa shape index (κ3) is 3.69. The van der Waals surface area contributed by atoms with E-state index in [0.717, 1.165) is 12.1 Å². The number of aliphatic hydroxyl groups is 1. The molecule has 0 amide bonds. The third-order valence-corrected chi connectivity index (χ3v) is 4.36. The van der Waals surface area contributed by atoms with Gasteiger partial charge in [-0.25, -0.2) is 17.9 Å². The van der Waals surface area contributed by atoms with Crippen molar-refractivity contribution in [2.75, 3.05) is 12.3 Å². The number of sulfonamides is 1. The van der Waals surface area contributed by atoms with Crippen molar-refractivity contribution in [3.63, 3.8) is 0 Å². The molecule has 5 N–H and O–H groups in total. The van der Waals surface area contributed by atoms with E-state index in [9.17, 15) is 18.3 Å². The zero-order valence-corrected chi connectivity index (χ0v) is 12.0. The van der Waals surface area contributed by atoms with Gasteiger partial charge in [-0.3, -0.25) is 0 Å². The molecule has 0 saturated heterocycles. The van der Waals surface area contributed by atoms with Crippen LogP contribution in [0, 0.1) is 5.92 Å². The SMILES string of the molecule is CC(C)C(CO)NS(=O)(=O)c1cc(N)ccc1C(=O)O. The molecule has 0 fully saturated rings. The summed E-state index contributed by atoms with van der Waals surface area (Å²) in [7, 11) is -4.09. The molecule has 1 rings (SSSR count). The first kappa shape index (κ1) is 16.4. The highest BCUT2D eigenvalue weighted by Crippen LogP contribution is 2.20. The number of nitrogen functional groups attached to an aromatic ring is 1. The Morgan fingerprint density at radius 1 is 1.40 bits per heavy atom. The fourth-order valence-corrected chi connectivity index (χ4v) is 3.19. The van der Waals surface area contributed by atoms with E-state index in [1.54, 1.807) is 13.8 Å². The number of carboxylic acid groups (broad SMARTS) is 1. The van der Waals surface area contributed by atoms with Crippen LogP contribution >= 0.6 is 0 Å². The lowest BCUT2D eigenvalue weighted by molar-refractivity contribution is 0.0692. The number of nitrogens with two attached hydrogens (primary N) is 1. The van der Waals surface area contributed by atoms with Crippen LogP contribution in [0.2, 0.25) is 0 Å². The molecule has 1 aromatic carbocycles. The molecule has 7 nitrogen and oxygen atoms in total. The molecule has 0 aliphatic rings. The van der Waals surface area contributed by atoms with Gasteiger partial charge >= 0.3 is 5.97 Å². The molecule has 8 heteroatoms. The van der Waals surface area contributed by atoms with Gasteiger partial charge in [-0.05, 0) is 24.1 Å². The van der Waals surface area contributed by atoms with Gasteiger partial charge in [-0.2, -0.15) is 0 Å². The van der Waals surface area contributed by atoms with Crippen molar-refractivity contribution < 1.29 is 23.4 Å². The highest BCUT2D eigenvalue weighted by Gasteiger charge is 2.26. The van der Waals surface area contributed by atoms with Crippen LogP contribution in [0.3, 0.4) is 0 Å². The zero-order valence-electron chi connectivity index (χ0n) is 11.2. The van der Waals surface area contributed by atoms with Gasteiger partial charge in [-0.1, -0.05) is 13.8 Å². The van der Waals surface area contributed by atoms with Crippen LogP contribution in [0.25, 0.3) is 0 Å². The Labute approximate surface area is 117 Å². The van der Waals surface area contributed by atoms with E-state index in [4.69, 9.17) is 10.8 Å². The minimum Gasteiger partial charge on any atom is -0.478 e. The molecule has 0 aliphatic heterocycles. The van der Waals surface area contributed by atoms with Crippen LogP contribution in [0.15, 0.2) is 23.1 Å². The smallest absolute Gasteiger partial charge is 0.337 e. The number of hydrogen-bond donors (Lipinski definition) is 4. The van der Waals surface area contributed by atoms with Crippen LogP contribution in [-0.2, 0) is 10.0 Å². The monoisotopic (exact) mass is 302 g/mol. The largest absolute Gasteiger partial charge is 0.478 e. The van der Waals surface area contributed by atoms with Crippen molar-refractivity contribution in [1.29, 1.82) is 0 Å². The molecule has 112 valence electrons. The molecule has 0 radical (unpaired) electrons. The maximum absolute atomic E-state index is 12.2. The third-order valence-electron chi connectivity index (χ3n) is 2.83. The Balaban J connectivity index is 3.28. The average molecular weight is 302 g/mol. The molecular weight excluding hydrogens is 284 g/mol. The van der Waals surface area contributed by atoms with Gasteiger partial charge in [0.05, 0.1) is 17.1 Å². The van der Waals surface area contributed by atoms with Gasteiger partial charge < -0.3 is 15.9 Å². The number of hydrogen-bond acceptors (Lipinski definition) is 5. The van der Waals surface area contributed by atoms with E-state index in [0.29, 0.717) is 0 Å². The Morgan fingerprint density at radius 2 is 2.00 bits per heavy atom. The number of aliphatic hydroxyl groups excluding tert-OH is 1. The summed E-state index contributed by atoms with van der Waals surface area (Å²) < 4.78 is 26.8. The fourth-order valence-electron chi connectivity index (χ4n) is 1.58. The maximum atomic E-state index is 12.2. The molecule has 1 unspecified atom stereocenters. The minimum absolute atomic E-state index is 0.139. The summed E-state index contributed by atoms with van der Waals surface area (Å²) in [5.41, 5.74) is 5.28. The number of aromatic carboxylic acids is 1. The second kappa shape index (κ2) is 6.21. The number of rotatable bonds is 6. The first-order valence-electron chi connectivity index (χ1n) is 5.95. The molecule has 20 heavy (non-hydrogen) atoms. The van der Waals surface area contributed by atoms with Crippen LogP contribution in [-0.4, -0.2) is 37.2 Å². The molecule has 0 heterocycles. The fraction of sp³-hybridized carbons (Fsp3) is 0.417. The van der Waals surface area contributed by atoms with Crippen molar-refractivity contribution in [1.82, 2.24) is 4.72 Å². The predicted octanol–water partition coefficient (Wildman–Crippen LogP) is 0.262. The lowest BCUT2D eigenvalue weighted by Crippen LogP contribution is -2.41. The lowest BCUT2D eigenvalue weighted by Gasteiger charge is -2.20. The number of nitrogens with one attached hydrogen (secondary N) is 1. The summed E-state index contributed by atoms with van der Waals surface area (Å²) in [4.78, 5) is 10.7. The summed E-state index contributed by atoms with van der Waals surface area (Å²) in [6.07, 6.45) is 0. The van der Waals surface area contributed by atoms with Crippen LogP contribution in [0.5, 0.6) is 0 Å². The molecule has 0 aromatic heterocycles. The second-order valence-corrected chi connectivity index (χ2v) is 6.40. The minimum atomic E-state index is -4.09. The van der Waals surface area contributed by atoms with E-state index in [2.05, 4.69) is 4.72 Å². The maximum Gasteiger partial charge on any atom is 0.337 e. The second-order valence-electron chi connectivity index (χ2n) is 4.72. The number of benzene rings is 1. The van der Waals surface area contributed by atoms with Crippen LogP contribution in [0.1, 0.15) is 24.2 Å². The van der Waals surface area contributed by atoms with E-state index < -0.39 is 26.9 Å². The summed E-state index contributed by atoms with van der Waals surface area (Å²) in [6, 6.07) is 2.83. The Kier molecular flexibility index (Phi) is 5.09. The molecule has 0 aliphatic carbocycles. The van der Waals surface area contributed by atoms with Gasteiger partial charge in [0, 0.05) is 11.7 Å². The predicted molar refractivity (Wildman–Crippen MR) is 73.8 cm³/mol. The van der Waals surface area contributed by atoms with Crippen LogP contribution < -0.4 is 10.5 Å². The normalized spacial score (nSPS) is 13.4. The first-order valence-corrected chi connectivity index (χ1v) is 7.43. The highest BCUT2D eigenvalue weighted by molar-refractivity contribution is 7.89. The van der Waals surface area contributed by atoms with Gasteiger partial charge in [0.1, 0.15) is 0 Å². The molecule has 1 aromatic rings. The first-order chi connectivity index (χ1) is 9.19.